The summed E-state index contributed by atoms with van der Waals surface area (Å²) in [7, 11) is 0. The Bertz CT molecular complexity index is 942. The number of oxazole rings is 1. The van der Waals surface area contributed by atoms with E-state index in [0.29, 0.717) is 16.7 Å². The van der Waals surface area contributed by atoms with Crippen molar-refractivity contribution in [1.29, 1.82) is 0 Å². The van der Waals surface area contributed by atoms with Crippen LogP contribution in [0.4, 0.5) is 18.9 Å². The van der Waals surface area contributed by atoms with Crippen LogP contribution in [0.1, 0.15) is 12.3 Å². The first kappa shape index (κ1) is 18.0. The second-order valence-electron chi connectivity index (χ2n) is 5.40. The van der Waals surface area contributed by atoms with E-state index in [0.717, 1.165) is 17.7 Å². The summed E-state index contributed by atoms with van der Waals surface area (Å²) in [4.78, 5) is 15.9. The highest BCUT2D eigenvalue weighted by atomic mass is 35.5. The van der Waals surface area contributed by atoms with Crippen LogP contribution in [-0.2, 0) is 11.2 Å². The molecular formula is C18H12ClF3N2O2. The van der Waals surface area contributed by atoms with Crippen LogP contribution in [-0.4, -0.2) is 10.9 Å². The number of hydrogen-bond donors (Lipinski definition) is 1. The SMILES string of the molecule is O=C(CCc1ncc(-c2ccc(Cl)cc2)o1)Nc1ccc(F)c(F)c1F. The molecule has 1 N–H and O–H groups in total. The fraction of sp³-hybridized carbons (Fsp3) is 0.111. The molecule has 0 fully saturated rings. The molecule has 1 amide bonds. The van der Waals surface area contributed by atoms with Gasteiger partial charge < -0.3 is 9.73 Å². The summed E-state index contributed by atoms with van der Waals surface area (Å²) in [5.41, 5.74) is 0.351. The lowest BCUT2D eigenvalue weighted by Crippen LogP contribution is -2.14. The van der Waals surface area contributed by atoms with Gasteiger partial charge in [0, 0.05) is 23.4 Å². The molecule has 3 rings (SSSR count). The number of nitrogens with zero attached hydrogens (tertiary/aromatic N) is 1. The van der Waals surface area contributed by atoms with Crippen molar-refractivity contribution in [3.63, 3.8) is 0 Å². The lowest BCUT2D eigenvalue weighted by atomic mass is 10.2. The van der Waals surface area contributed by atoms with Crippen molar-refractivity contribution in [1.82, 2.24) is 4.98 Å². The zero-order chi connectivity index (χ0) is 18.7. The summed E-state index contributed by atoms with van der Waals surface area (Å²) < 4.78 is 45.1. The van der Waals surface area contributed by atoms with E-state index in [1.807, 2.05) is 0 Å². The van der Waals surface area contributed by atoms with E-state index in [1.54, 1.807) is 24.3 Å². The van der Waals surface area contributed by atoms with E-state index in [4.69, 9.17) is 16.0 Å². The van der Waals surface area contributed by atoms with E-state index < -0.39 is 29.0 Å². The maximum atomic E-state index is 13.5. The van der Waals surface area contributed by atoms with E-state index in [9.17, 15) is 18.0 Å². The topological polar surface area (TPSA) is 55.1 Å². The van der Waals surface area contributed by atoms with Crippen molar-refractivity contribution in [3.05, 3.63) is 71.0 Å². The molecule has 0 saturated carbocycles. The molecule has 0 radical (unpaired) electrons. The standard InChI is InChI=1S/C18H12ClF3N2O2/c19-11-3-1-10(2-4-11)14-9-23-16(26-14)8-7-15(25)24-13-6-5-12(20)17(21)18(13)22/h1-6,9H,7-8H2,(H,24,25). The van der Waals surface area contributed by atoms with E-state index in [1.165, 1.54) is 6.20 Å². The number of carbonyl (C=O) groups excluding carboxylic acids is 1. The van der Waals surface area contributed by atoms with Crippen molar-refractivity contribution in [3.8, 4) is 11.3 Å². The van der Waals surface area contributed by atoms with Gasteiger partial charge in [-0.1, -0.05) is 11.6 Å². The quantitative estimate of drug-likeness (QED) is 0.635. The Morgan fingerprint density at radius 2 is 1.81 bits per heavy atom. The molecule has 0 aliphatic carbocycles. The smallest absolute Gasteiger partial charge is 0.224 e. The predicted molar refractivity (Wildman–Crippen MR) is 90.2 cm³/mol. The molecule has 0 aliphatic heterocycles. The summed E-state index contributed by atoms with van der Waals surface area (Å²) in [6.45, 7) is 0. The third-order valence-corrected chi connectivity index (χ3v) is 3.81. The van der Waals surface area contributed by atoms with Gasteiger partial charge in [-0.15, -0.1) is 0 Å². The summed E-state index contributed by atoms with van der Waals surface area (Å²) >= 11 is 5.82. The number of amides is 1. The number of aryl methyl sites for hydroxylation is 1. The summed E-state index contributed by atoms with van der Waals surface area (Å²) in [5, 5.41) is 2.78. The van der Waals surface area contributed by atoms with E-state index in [-0.39, 0.29) is 12.8 Å². The van der Waals surface area contributed by atoms with Crippen molar-refractivity contribution in [2.24, 2.45) is 0 Å². The van der Waals surface area contributed by atoms with Gasteiger partial charge in [-0.25, -0.2) is 18.2 Å². The zero-order valence-corrected chi connectivity index (χ0v) is 14.0. The number of anilines is 1. The van der Waals surface area contributed by atoms with Crippen LogP contribution in [0, 0.1) is 17.5 Å². The Morgan fingerprint density at radius 1 is 1.08 bits per heavy atom. The zero-order valence-electron chi connectivity index (χ0n) is 13.2. The van der Waals surface area contributed by atoms with Gasteiger partial charge in [-0.2, -0.15) is 0 Å². The highest BCUT2D eigenvalue weighted by Gasteiger charge is 2.16. The molecule has 0 bridgehead atoms. The molecule has 0 atom stereocenters. The average molecular weight is 381 g/mol. The van der Waals surface area contributed by atoms with E-state index >= 15 is 0 Å². The lowest BCUT2D eigenvalue weighted by molar-refractivity contribution is -0.116. The van der Waals surface area contributed by atoms with Gasteiger partial charge in [0.05, 0.1) is 11.9 Å². The normalized spacial score (nSPS) is 10.8. The third kappa shape index (κ3) is 4.05. The van der Waals surface area contributed by atoms with Gasteiger partial charge >= 0.3 is 0 Å². The molecule has 8 heteroatoms. The Hall–Kier alpha value is -2.80. The molecule has 0 saturated heterocycles. The first-order valence-corrected chi connectivity index (χ1v) is 7.96. The number of aromatic nitrogens is 1. The minimum absolute atomic E-state index is 0.0704. The number of rotatable bonds is 5. The van der Waals surface area contributed by atoms with Gasteiger partial charge in [0.2, 0.25) is 5.91 Å². The number of benzene rings is 2. The fourth-order valence-corrected chi connectivity index (χ4v) is 2.36. The molecule has 26 heavy (non-hydrogen) atoms. The molecule has 1 heterocycles. The minimum Gasteiger partial charge on any atom is -0.441 e. The fourth-order valence-electron chi connectivity index (χ4n) is 2.23. The molecule has 0 spiro atoms. The number of carbonyl (C=O) groups is 1. The molecule has 0 aliphatic rings. The third-order valence-electron chi connectivity index (χ3n) is 3.56. The monoisotopic (exact) mass is 380 g/mol. The largest absolute Gasteiger partial charge is 0.441 e. The average Bonchev–Trinajstić information content (AvgIpc) is 3.10. The molecule has 0 unspecified atom stereocenters. The summed E-state index contributed by atoms with van der Waals surface area (Å²) in [5.74, 6) is -4.15. The van der Waals surface area contributed by atoms with Gasteiger partial charge in [-0.3, -0.25) is 4.79 Å². The summed E-state index contributed by atoms with van der Waals surface area (Å²) in [6.07, 6.45) is 1.61. The molecule has 4 nitrogen and oxygen atoms in total. The predicted octanol–water partition coefficient (Wildman–Crippen LogP) is 4.98. The van der Waals surface area contributed by atoms with Crippen LogP contribution in [0.25, 0.3) is 11.3 Å². The van der Waals surface area contributed by atoms with Gasteiger partial charge in [-0.05, 0) is 36.4 Å². The molecule has 2 aromatic carbocycles. The number of hydrogen-bond acceptors (Lipinski definition) is 3. The van der Waals surface area contributed by atoms with Crippen LogP contribution < -0.4 is 5.32 Å². The Morgan fingerprint density at radius 3 is 2.54 bits per heavy atom. The molecule has 1 aromatic heterocycles. The number of halogens is 4. The maximum Gasteiger partial charge on any atom is 0.224 e. The van der Waals surface area contributed by atoms with Gasteiger partial charge in [0.25, 0.3) is 0 Å². The van der Waals surface area contributed by atoms with Crippen LogP contribution in [0.3, 0.4) is 0 Å². The van der Waals surface area contributed by atoms with Crippen LogP contribution in [0.5, 0.6) is 0 Å². The van der Waals surface area contributed by atoms with Crippen molar-refractivity contribution in [2.45, 2.75) is 12.8 Å². The van der Waals surface area contributed by atoms with Gasteiger partial charge in [0.1, 0.15) is 0 Å². The maximum absolute atomic E-state index is 13.5. The van der Waals surface area contributed by atoms with Crippen LogP contribution >= 0.6 is 11.6 Å². The first-order valence-electron chi connectivity index (χ1n) is 7.58. The van der Waals surface area contributed by atoms with Crippen LogP contribution in [0.15, 0.2) is 47.0 Å². The second-order valence-corrected chi connectivity index (χ2v) is 5.83. The highest BCUT2D eigenvalue weighted by molar-refractivity contribution is 6.30. The lowest BCUT2D eigenvalue weighted by Gasteiger charge is -2.06. The highest BCUT2D eigenvalue weighted by Crippen LogP contribution is 2.23. The Kier molecular flexibility index (Phi) is 5.27. The van der Waals surface area contributed by atoms with Crippen molar-refractivity contribution in [2.75, 3.05) is 5.32 Å². The Balaban J connectivity index is 1.60. The molecule has 3 aromatic rings. The second kappa shape index (κ2) is 7.61. The van der Waals surface area contributed by atoms with Crippen molar-refractivity contribution >= 4 is 23.2 Å². The van der Waals surface area contributed by atoms with Gasteiger partial charge in [0.15, 0.2) is 29.1 Å². The first-order chi connectivity index (χ1) is 12.4. The van der Waals surface area contributed by atoms with Crippen LogP contribution in [0.2, 0.25) is 5.02 Å². The number of nitrogens with one attached hydrogen (secondary N) is 1. The summed E-state index contributed by atoms with van der Waals surface area (Å²) in [6, 6.07) is 8.65. The van der Waals surface area contributed by atoms with Crippen molar-refractivity contribution < 1.29 is 22.4 Å². The molecular weight excluding hydrogens is 369 g/mol. The Labute approximate surface area is 151 Å². The minimum atomic E-state index is -1.64. The van der Waals surface area contributed by atoms with E-state index in [2.05, 4.69) is 10.3 Å². The molecule has 134 valence electrons.